The smallest absolute Gasteiger partial charge is 0.261 e. The van der Waals surface area contributed by atoms with Crippen molar-refractivity contribution in [1.29, 1.82) is 0 Å². The Morgan fingerprint density at radius 1 is 1.33 bits per heavy atom. The van der Waals surface area contributed by atoms with Crippen molar-refractivity contribution in [3.05, 3.63) is 40.4 Å². The Hall–Kier alpha value is -1.68. The molecule has 1 fully saturated rings. The van der Waals surface area contributed by atoms with Crippen LogP contribution in [-0.4, -0.2) is 34.1 Å². The van der Waals surface area contributed by atoms with E-state index in [0.717, 1.165) is 29.4 Å². The van der Waals surface area contributed by atoms with E-state index >= 15 is 0 Å². The monoisotopic (exact) mass is 285 g/mol. The highest BCUT2D eigenvalue weighted by Gasteiger charge is 2.18. The third kappa shape index (κ3) is 2.86. The van der Waals surface area contributed by atoms with Crippen LogP contribution in [0.15, 0.2) is 29.3 Å². The molecule has 0 radical (unpaired) electrons. The normalized spacial score (nSPS) is 20.0. The molecular formula is C17H23N3O. The van der Waals surface area contributed by atoms with Crippen LogP contribution in [0.1, 0.15) is 31.2 Å². The van der Waals surface area contributed by atoms with Crippen molar-refractivity contribution in [1.82, 2.24) is 14.5 Å². The molecule has 0 spiro atoms. The van der Waals surface area contributed by atoms with Crippen LogP contribution in [0.2, 0.25) is 0 Å². The highest BCUT2D eigenvalue weighted by atomic mass is 16.1. The van der Waals surface area contributed by atoms with Crippen LogP contribution >= 0.6 is 0 Å². The SMILES string of the molecule is Cc1cccc2c(=O)n(CCC3CCCCN3C)cnc12. The molecule has 1 aromatic carbocycles. The van der Waals surface area contributed by atoms with E-state index in [-0.39, 0.29) is 5.56 Å². The Balaban J connectivity index is 1.81. The molecule has 2 aromatic rings. The van der Waals surface area contributed by atoms with Crippen molar-refractivity contribution >= 4 is 10.9 Å². The van der Waals surface area contributed by atoms with Crippen molar-refractivity contribution in [3.63, 3.8) is 0 Å². The lowest BCUT2D eigenvalue weighted by Crippen LogP contribution is -2.37. The maximum absolute atomic E-state index is 12.5. The number of likely N-dealkylation sites (tertiary alicyclic amines) is 1. The molecule has 2 heterocycles. The van der Waals surface area contributed by atoms with Gasteiger partial charge in [0, 0.05) is 12.6 Å². The maximum Gasteiger partial charge on any atom is 0.261 e. The van der Waals surface area contributed by atoms with Gasteiger partial charge in [0.2, 0.25) is 0 Å². The summed E-state index contributed by atoms with van der Waals surface area (Å²) in [5.41, 5.74) is 1.97. The van der Waals surface area contributed by atoms with Crippen molar-refractivity contribution in [2.24, 2.45) is 0 Å². The van der Waals surface area contributed by atoms with Gasteiger partial charge in [0.15, 0.2) is 0 Å². The molecule has 0 amide bonds. The molecule has 4 heteroatoms. The number of hydrogen-bond donors (Lipinski definition) is 0. The summed E-state index contributed by atoms with van der Waals surface area (Å²) in [5.74, 6) is 0. The molecule has 1 atom stereocenters. The highest BCUT2D eigenvalue weighted by Crippen LogP contribution is 2.18. The van der Waals surface area contributed by atoms with Gasteiger partial charge in [-0.15, -0.1) is 0 Å². The van der Waals surface area contributed by atoms with E-state index < -0.39 is 0 Å². The van der Waals surface area contributed by atoms with Gasteiger partial charge in [0.1, 0.15) is 0 Å². The number of fused-ring (bicyclic) bond motifs is 1. The predicted molar refractivity (Wildman–Crippen MR) is 85.6 cm³/mol. The van der Waals surface area contributed by atoms with E-state index in [4.69, 9.17) is 0 Å². The molecule has 0 aliphatic carbocycles. The number of para-hydroxylation sites is 1. The first-order chi connectivity index (χ1) is 10.2. The minimum atomic E-state index is 0.0853. The quantitative estimate of drug-likeness (QED) is 0.870. The van der Waals surface area contributed by atoms with Crippen LogP contribution in [-0.2, 0) is 6.54 Å². The van der Waals surface area contributed by atoms with Crippen LogP contribution in [0.4, 0.5) is 0 Å². The van der Waals surface area contributed by atoms with Crippen LogP contribution < -0.4 is 5.56 Å². The van der Waals surface area contributed by atoms with Gasteiger partial charge in [-0.1, -0.05) is 18.6 Å². The summed E-state index contributed by atoms with van der Waals surface area (Å²) < 4.78 is 1.77. The number of aryl methyl sites for hydroxylation is 2. The fourth-order valence-corrected chi connectivity index (χ4v) is 3.29. The largest absolute Gasteiger partial charge is 0.303 e. The Morgan fingerprint density at radius 2 is 2.19 bits per heavy atom. The molecule has 1 saturated heterocycles. The second-order valence-electron chi connectivity index (χ2n) is 6.13. The highest BCUT2D eigenvalue weighted by molar-refractivity contribution is 5.80. The lowest BCUT2D eigenvalue weighted by Gasteiger charge is -2.32. The molecule has 0 saturated carbocycles. The average molecular weight is 285 g/mol. The molecule has 3 rings (SSSR count). The second-order valence-corrected chi connectivity index (χ2v) is 6.13. The molecular weight excluding hydrogens is 262 g/mol. The molecule has 1 aromatic heterocycles. The molecule has 1 aliphatic rings. The van der Waals surface area contributed by atoms with Crippen molar-refractivity contribution in [2.45, 2.75) is 45.2 Å². The van der Waals surface area contributed by atoms with E-state index in [2.05, 4.69) is 16.9 Å². The number of rotatable bonds is 3. The van der Waals surface area contributed by atoms with Crippen LogP contribution in [0, 0.1) is 6.92 Å². The van der Waals surface area contributed by atoms with Gasteiger partial charge >= 0.3 is 0 Å². The Bertz CT molecular complexity index is 692. The third-order valence-corrected chi connectivity index (χ3v) is 4.68. The first-order valence-corrected chi connectivity index (χ1v) is 7.82. The number of benzene rings is 1. The third-order valence-electron chi connectivity index (χ3n) is 4.68. The number of aromatic nitrogens is 2. The molecule has 1 aliphatic heterocycles. The van der Waals surface area contributed by atoms with Crippen LogP contribution in [0.5, 0.6) is 0 Å². The lowest BCUT2D eigenvalue weighted by molar-refractivity contribution is 0.170. The number of hydrogen-bond acceptors (Lipinski definition) is 3. The lowest BCUT2D eigenvalue weighted by atomic mass is 10.0. The molecule has 1 unspecified atom stereocenters. The van der Waals surface area contributed by atoms with E-state index in [1.807, 2.05) is 25.1 Å². The van der Waals surface area contributed by atoms with Gasteiger partial charge in [-0.25, -0.2) is 4.98 Å². The molecule has 21 heavy (non-hydrogen) atoms. The first kappa shape index (κ1) is 14.3. The van der Waals surface area contributed by atoms with Crippen LogP contribution in [0.3, 0.4) is 0 Å². The summed E-state index contributed by atoms with van der Waals surface area (Å²) in [5, 5.41) is 0.731. The summed E-state index contributed by atoms with van der Waals surface area (Å²) in [7, 11) is 2.19. The minimum absolute atomic E-state index is 0.0853. The summed E-state index contributed by atoms with van der Waals surface area (Å²) in [6.07, 6.45) is 6.57. The van der Waals surface area contributed by atoms with Gasteiger partial charge in [-0.3, -0.25) is 9.36 Å². The minimum Gasteiger partial charge on any atom is -0.303 e. The summed E-state index contributed by atoms with van der Waals surface area (Å²) >= 11 is 0. The zero-order valence-corrected chi connectivity index (χ0v) is 12.9. The maximum atomic E-state index is 12.5. The van der Waals surface area contributed by atoms with Gasteiger partial charge in [-0.05, 0) is 51.4 Å². The molecule has 4 nitrogen and oxygen atoms in total. The summed E-state index contributed by atoms with van der Waals surface area (Å²) in [6.45, 7) is 3.93. The molecule has 0 bridgehead atoms. The molecule has 0 N–H and O–H groups in total. The van der Waals surface area contributed by atoms with Crippen molar-refractivity contribution < 1.29 is 0 Å². The van der Waals surface area contributed by atoms with Gasteiger partial charge < -0.3 is 4.90 Å². The summed E-state index contributed by atoms with van der Waals surface area (Å²) in [6, 6.07) is 6.40. The van der Waals surface area contributed by atoms with E-state index in [9.17, 15) is 4.79 Å². The zero-order chi connectivity index (χ0) is 14.8. The fraction of sp³-hybridized carbons (Fsp3) is 0.529. The standard InChI is InChI=1S/C17H23N3O/c1-13-6-5-8-15-16(13)18-12-20(17(15)21)11-9-14-7-3-4-10-19(14)2/h5-6,8,12,14H,3-4,7,9-11H2,1-2H3. The van der Waals surface area contributed by atoms with Gasteiger partial charge in [-0.2, -0.15) is 0 Å². The van der Waals surface area contributed by atoms with E-state index in [1.54, 1.807) is 10.9 Å². The summed E-state index contributed by atoms with van der Waals surface area (Å²) in [4.78, 5) is 19.4. The van der Waals surface area contributed by atoms with Crippen LogP contribution in [0.25, 0.3) is 10.9 Å². The van der Waals surface area contributed by atoms with Crippen molar-refractivity contribution in [3.8, 4) is 0 Å². The molecule has 112 valence electrons. The van der Waals surface area contributed by atoms with Gasteiger partial charge in [0.25, 0.3) is 5.56 Å². The Kier molecular flexibility index (Phi) is 4.06. The second kappa shape index (κ2) is 5.98. The van der Waals surface area contributed by atoms with Gasteiger partial charge in [0.05, 0.1) is 17.2 Å². The topological polar surface area (TPSA) is 38.1 Å². The fourth-order valence-electron chi connectivity index (χ4n) is 3.29. The van der Waals surface area contributed by atoms with Crippen molar-refractivity contribution in [2.75, 3.05) is 13.6 Å². The van der Waals surface area contributed by atoms with E-state index in [1.165, 1.54) is 25.8 Å². The van der Waals surface area contributed by atoms with E-state index in [0.29, 0.717) is 6.04 Å². The predicted octanol–water partition coefficient (Wildman–Crippen LogP) is 2.58. The average Bonchev–Trinajstić information content (AvgIpc) is 2.49. The zero-order valence-electron chi connectivity index (χ0n) is 12.9. The Morgan fingerprint density at radius 3 is 3.00 bits per heavy atom. The first-order valence-electron chi connectivity index (χ1n) is 7.82. The number of piperidine rings is 1. The Labute approximate surface area is 125 Å². The number of nitrogens with zero attached hydrogens (tertiary/aromatic N) is 3.